The Bertz CT molecular complexity index is 822. The van der Waals surface area contributed by atoms with Gasteiger partial charge in [0.25, 0.3) is 5.91 Å². The van der Waals surface area contributed by atoms with Gasteiger partial charge in [-0.05, 0) is 48.5 Å². The summed E-state index contributed by atoms with van der Waals surface area (Å²) in [6.45, 7) is 1.93. The number of carbonyl (C=O) groups is 2. The number of halogens is 1. The van der Waals surface area contributed by atoms with E-state index in [0.29, 0.717) is 5.56 Å². The molecule has 0 aromatic heterocycles. The highest BCUT2D eigenvalue weighted by molar-refractivity contribution is 9.10. The summed E-state index contributed by atoms with van der Waals surface area (Å²) in [5.74, 6) is -0.759. The first kappa shape index (κ1) is 18.8. The largest absolute Gasteiger partial charge is 0.298 e. The normalized spacial score (nSPS) is 10.3. The first-order valence-corrected chi connectivity index (χ1v) is 8.56. The summed E-state index contributed by atoms with van der Waals surface area (Å²) in [5, 5.41) is 2.45. The summed E-state index contributed by atoms with van der Waals surface area (Å²) < 4.78 is 0.835. The van der Waals surface area contributed by atoms with E-state index in [1.165, 1.54) is 6.08 Å². The van der Waals surface area contributed by atoms with Crippen molar-refractivity contribution >= 4 is 51.2 Å². The number of benzene rings is 2. The number of hydrogen-bond donors (Lipinski definition) is 3. The second-order valence-electron chi connectivity index (χ2n) is 5.11. The van der Waals surface area contributed by atoms with E-state index < -0.39 is 5.91 Å². The molecule has 7 heteroatoms. The molecule has 3 N–H and O–H groups in total. The van der Waals surface area contributed by atoms with Crippen molar-refractivity contribution in [3.63, 3.8) is 0 Å². The fourth-order valence-electron chi connectivity index (χ4n) is 1.84. The van der Waals surface area contributed by atoms with Crippen molar-refractivity contribution in [2.75, 3.05) is 0 Å². The van der Waals surface area contributed by atoms with Crippen LogP contribution in [0.4, 0.5) is 0 Å². The van der Waals surface area contributed by atoms with E-state index in [9.17, 15) is 9.59 Å². The molecule has 0 heterocycles. The van der Waals surface area contributed by atoms with E-state index >= 15 is 0 Å². The lowest BCUT2D eigenvalue weighted by Crippen LogP contribution is -2.48. The Morgan fingerprint density at radius 1 is 1.08 bits per heavy atom. The Balaban J connectivity index is 1.81. The van der Waals surface area contributed by atoms with Crippen molar-refractivity contribution in [1.29, 1.82) is 0 Å². The zero-order valence-corrected chi connectivity index (χ0v) is 15.8. The lowest BCUT2D eigenvalue weighted by molar-refractivity contribution is -0.115. The van der Waals surface area contributed by atoms with Gasteiger partial charge in [0.05, 0.1) is 0 Å². The predicted molar refractivity (Wildman–Crippen MR) is 106 cm³/mol. The molecule has 2 aromatic rings. The summed E-state index contributed by atoms with van der Waals surface area (Å²) in [6, 6.07) is 14.6. The van der Waals surface area contributed by atoms with Crippen molar-refractivity contribution in [3.05, 3.63) is 75.8 Å². The molecule has 25 heavy (non-hydrogen) atoms. The average molecular weight is 418 g/mol. The van der Waals surface area contributed by atoms with Gasteiger partial charge in [-0.3, -0.25) is 25.8 Å². The van der Waals surface area contributed by atoms with Crippen LogP contribution >= 0.6 is 28.1 Å². The number of hydrogen-bond acceptors (Lipinski definition) is 3. The fourth-order valence-corrected chi connectivity index (χ4v) is 2.37. The minimum absolute atomic E-state index is 0.00207. The molecule has 0 atom stereocenters. The van der Waals surface area contributed by atoms with E-state index in [0.717, 1.165) is 15.6 Å². The van der Waals surface area contributed by atoms with Gasteiger partial charge >= 0.3 is 0 Å². The predicted octanol–water partition coefficient (Wildman–Crippen LogP) is 3.11. The van der Waals surface area contributed by atoms with Crippen LogP contribution in [0.25, 0.3) is 6.08 Å². The third kappa shape index (κ3) is 6.13. The summed E-state index contributed by atoms with van der Waals surface area (Å²) in [4.78, 5) is 23.8. The highest BCUT2D eigenvalue weighted by atomic mass is 79.9. The quantitative estimate of drug-likeness (QED) is 0.407. The monoisotopic (exact) mass is 417 g/mol. The van der Waals surface area contributed by atoms with Crippen LogP contribution in [0.1, 0.15) is 21.5 Å². The molecule has 0 fully saturated rings. The molecule has 0 unspecified atom stereocenters. The Labute approximate surface area is 159 Å². The molecule has 0 aliphatic carbocycles. The van der Waals surface area contributed by atoms with Gasteiger partial charge < -0.3 is 0 Å². The summed E-state index contributed by atoms with van der Waals surface area (Å²) in [7, 11) is 0. The Kier molecular flexibility index (Phi) is 6.85. The van der Waals surface area contributed by atoms with Crippen LogP contribution in [0.3, 0.4) is 0 Å². The molecule has 2 amide bonds. The van der Waals surface area contributed by atoms with Crippen LogP contribution in [0.2, 0.25) is 0 Å². The maximum Gasteiger partial charge on any atom is 0.269 e. The topological polar surface area (TPSA) is 70.2 Å². The molecule has 0 aliphatic heterocycles. The molecule has 0 aliphatic rings. The number of hydrazine groups is 1. The first-order chi connectivity index (χ1) is 12.0. The van der Waals surface area contributed by atoms with E-state index in [1.807, 2.05) is 43.3 Å². The molecule has 5 nitrogen and oxygen atoms in total. The molecule has 128 valence electrons. The molecule has 0 saturated carbocycles. The van der Waals surface area contributed by atoms with Gasteiger partial charge in [-0.1, -0.05) is 52.3 Å². The highest BCUT2D eigenvalue weighted by Gasteiger charge is 2.08. The highest BCUT2D eigenvalue weighted by Crippen LogP contribution is 2.17. The Morgan fingerprint density at radius 3 is 2.48 bits per heavy atom. The van der Waals surface area contributed by atoms with Gasteiger partial charge in [-0.15, -0.1) is 0 Å². The van der Waals surface area contributed by atoms with E-state index in [1.54, 1.807) is 18.2 Å². The maximum absolute atomic E-state index is 12.0. The number of nitrogens with one attached hydrogen (secondary N) is 3. The van der Waals surface area contributed by atoms with Crippen molar-refractivity contribution in [1.82, 2.24) is 16.2 Å². The fraction of sp³-hybridized carbons (Fsp3) is 0.0556. The number of rotatable bonds is 3. The zero-order valence-electron chi connectivity index (χ0n) is 13.4. The molecule has 0 bridgehead atoms. The van der Waals surface area contributed by atoms with E-state index in [2.05, 4.69) is 32.1 Å². The second-order valence-corrected chi connectivity index (χ2v) is 6.37. The summed E-state index contributed by atoms with van der Waals surface area (Å²) >= 11 is 8.35. The molecule has 2 aromatic carbocycles. The molecule has 0 spiro atoms. The number of aryl methyl sites for hydroxylation is 1. The van der Waals surface area contributed by atoms with Crippen molar-refractivity contribution in [2.24, 2.45) is 0 Å². The average Bonchev–Trinajstić information content (AvgIpc) is 2.61. The third-order valence-electron chi connectivity index (χ3n) is 3.19. The van der Waals surface area contributed by atoms with E-state index in [4.69, 9.17) is 12.2 Å². The number of amides is 2. The molecular weight excluding hydrogens is 402 g/mol. The van der Waals surface area contributed by atoms with Crippen molar-refractivity contribution in [3.8, 4) is 0 Å². The SMILES string of the molecule is Cc1ccc(C(=O)NNC(=S)NC(=O)C=Cc2ccccc2)cc1Br. The van der Waals surface area contributed by atoms with Crippen LogP contribution in [0.5, 0.6) is 0 Å². The Morgan fingerprint density at radius 2 is 1.80 bits per heavy atom. The van der Waals surface area contributed by atoms with Gasteiger partial charge in [0.2, 0.25) is 5.91 Å². The van der Waals surface area contributed by atoms with Gasteiger partial charge in [0.15, 0.2) is 5.11 Å². The van der Waals surface area contributed by atoms with Crippen molar-refractivity contribution in [2.45, 2.75) is 6.92 Å². The van der Waals surface area contributed by atoms with Crippen molar-refractivity contribution < 1.29 is 9.59 Å². The summed E-state index contributed by atoms with van der Waals surface area (Å²) in [5.41, 5.74) is 7.31. The van der Waals surface area contributed by atoms with Gasteiger partial charge in [0, 0.05) is 16.1 Å². The van der Waals surface area contributed by atoms with Gasteiger partial charge in [-0.2, -0.15) is 0 Å². The van der Waals surface area contributed by atoms with Crippen LogP contribution in [-0.4, -0.2) is 16.9 Å². The van der Waals surface area contributed by atoms with Crippen LogP contribution in [0.15, 0.2) is 59.1 Å². The maximum atomic E-state index is 12.0. The van der Waals surface area contributed by atoms with Gasteiger partial charge in [0.1, 0.15) is 0 Å². The molecule has 2 rings (SSSR count). The standard InChI is InChI=1S/C18H16BrN3O2S/c1-12-7-9-14(11-15(12)19)17(24)21-22-18(25)20-16(23)10-8-13-5-3-2-4-6-13/h2-11H,1H3,(H,21,24)(H2,20,22,23,25). The minimum Gasteiger partial charge on any atom is -0.298 e. The minimum atomic E-state index is -0.395. The first-order valence-electron chi connectivity index (χ1n) is 7.36. The number of thiocarbonyl (C=S) groups is 1. The van der Waals surface area contributed by atoms with Gasteiger partial charge in [-0.25, -0.2) is 0 Å². The molecule has 0 saturated heterocycles. The van der Waals surface area contributed by atoms with Crippen LogP contribution in [0, 0.1) is 6.92 Å². The van der Waals surface area contributed by atoms with E-state index in [-0.39, 0.29) is 11.0 Å². The second kappa shape index (κ2) is 9.10. The summed E-state index contributed by atoms with van der Waals surface area (Å²) in [6.07, 6.45) is 3.03. The third-order valence-corrected chi connectivity index (χ3v) is 4.25. The lowest BCUT2D eigenvalue weighted by Gasteiger charge is -2.10. The molecule has 0 radical (unpaired) electrons. The molecular formula is C18H16BrN3O2S. The zero-order chi connectivity index (χ0) is 18.2. The van der Waals surface area contributed by atoms with Crippen LogP contribution in [-0.2, 0) is 4.79 Å². The smallest absolute Gasteiger partial charge is 0.269 e. The van der Waals surface area contributed by atoms with Crippen LogP contribution < -0.4 is 16.2 Å². The Hall–Kier alpha value is -2.51. The lowest BCUT2D eigenvalue weighted by atomic mass is 10.1. The number of carbonyl (C=O) groups excluding carboxylic acids is 2.